The molecule has 136 valence electrons. The number of carbonyl (C=O) groups is 2. The molecule has 0 heterocycles. The summed E-state index contributed by atoms with van der Waals surface area (Å²) in [4.78, 5) is 25.9. The van der Waals surface area contributed by atoms with Crippen molar-refractivity contribution in [1.82, 2.24) is 0 Å². The van der Waals surface area contributed by atoms with Gasteiger partial charge in [0.1, 0.15) is 6.10 Å². The molecule has 0 spiro atoms. The molecule has 27 heavy (non-hydrogen) atoms. The molecule has 0 radical (unpaired) electrons. The molecule has 0 aromatic heterocycles. The third kappa shape index (κ3) is 4.57. The third-order valence-corrected chi connectivity index (χ3v) is 4.66. The van der Waals surface area contributed by atoms with Gasteiger partial charge in [-0.25, -0.2) is 0 Å². The Morgan fingerprint density at radius 2 is 1.22 bits per heavy atom. The minimum Gasteiger partial charge on any atom is -0.373 e. The highest BCUT2D eigenvalue weighted by Gasteiger charge is 2.32. The summed E-state index contributed by atoms with van der Waals surface area (Å²) in [6.45, 7) is 0. The Morgan fingerprint density at radius 1 is 0.741 bits per heavy atom. The van der Waals surface area contributed by atoms with Gasteiger partial charge in [-0.15, -0.1) is 0 Å². The van der Waals surface area contributed by atoms with Crippen LogP contribution in [0.5, 0.6) is 0 Å². The van der Waals surface area contributed by atoms with Crippen molar-refractivity contribution in [3.05, 3.63) is 108 Å². The number of Topliss-reactive ketones (excluding diaryl/α,β-unsaturated/α-hetero) is 2. The van der Waals surface area contributed by atoms with Crippen molar-refractivity contribution < 1.29 is 14.3 Å². The van der Waals surface area contributed by atoms with Crippen molar-refractivity contribution in [2.45, 2.75) is 18.4 Å². The Hall–Kier alpha value is -3.04. The van der Waals surface area contributed by atoms with Crippen LogP contribution in [0.1, 0.15) is 38.6 Å². The fraction of sp³-hybridized carbons (Fsp3) is 0.167. The molecule has 0 aliphatic heterocycles. The standard InChI is InChI=1S/C24H22O3/c1-27-24(23(26)20-15-9-4-10-16-20)21(18-11-5-2-6-12-18)17-22(25)19-13-7-3-8-14-19/h2-16,21,24H,17H2,1H3/t21-,24-/m1/s1. The van der Waals surface area contributed by atoms with Gasteiger partial charge in [-0.2, -0.15) is 0 Å². The molecule has 0 aliphatic rings. The van der Waals surface area contributed by atoms with Crippen LogP contribution >= 0.6 is 0 Å². The topological polar surface area (TPSA) is 43.4 Å². The number of hydrogen-bond donors (Lipinski definition) is 0. The second-order valence-corrected chi connectivity index (χ2v) is 6.40. The van der Waals surface area contributed by atoms with Crippen LogP contribution < -0.4 is 0 Å². The lowest BCUT2D eigenvalue weighted by Gasteiger charge is -2.25. The number of rotatable bonds is 8. The number of carbonyl (C=O) groups excluding carboxylic acids is 2. The van der Waals surface area contributed by atoms with Crippen LogP contribution in [-0.2, 0) is 4.74 Å². The van der Waals surface area contributed by atoms with Gasteiger partial charge < -0.3 is 4.74 Å². The van der Waals surface area contributed by atoms with Gasteiger partial charge in [0.25, 0.3) is 0 Å². The molecule has 3 aromatic rings. The van der Waals surface area contributed by atoms with E-state index in [9.17, 15) is 9.59 Å². The second kappa shape index (κ2) is 9.06. The van der Waals surface area contributed by atoms with Crippen molar-refractivity contribution in [3.63, 3.8) is 0 Å². The Balaban J connectivity index is 1.93. The zero-order valence-electron chi connectivity index (χ0n) is 15.2. The maximum absolute atomic E-state index is 13.1. The van der Waals surface area contributed by atoms with E-state index in [1.807, 2.05) is 66.7 Å². The van der Waals surface area contributed by atoms with Gasteiger partial charge in [-0.1, -0.05) is 91.0 Å². The summed E-state index contributed by atoms with van der Waals surface area (Å²) in [6, 6.07) is 27.8. The molecule has 0 N–H and O–H groups in total. The van der Waals surface area contributed by atoms with Crippen molar-refractivity contribution in [2.24, 2.45) is 0 Å². The third-order valence-electron chi connectivity index (χ3n) is 4.66. The average Bonchev–Trinajstić information content (AvgIpc) is 2.75. The minimum atomic E-state index is -0.734. The smallest absolute Gasteiger partial charge is 0.192 e. The van der Waals surface area contributed by atoms with E-state index in [4.69, 9.17) is 4.74 Å². The van der Waals surface area contributed by atoms with Gasteiger partial charge in [0.15, 0.2) is 11.6 Å². The predicted molar refractivity (Wildman–Crippen MR) is 106 cm³/mol. The Kier molecular flexibility index (Phi) is 6.29. The highest BCUT2D eigenvalue weighted by molar-refractivity contribution is 6.01. The summed E-state index contributed by atoms with van der Waals surface area (Å²) < 4.78 is 5.62. The molecule has 3 nitrogen and oxygen atoms in total. The summed E-state index contributed by atoms with van der Waals surface area (Å²) in [6.07, 6.45) is -0.534. The highest BCUT2D eigenvalue weighted by Crippen LogP contribution is 2.29. The van der Waals surface area contributed by atoms with Gasteiger partial charge in [0, 0.05) is 30.6 Å². The largest absolute Gasteiger partial charge is 0.373 e. The van der Waals surface area contributed by atoms with Crippen LogP contribution in [0.3, 0.4) is 0 Å². The molecule has 0 bridgehead atoms. The maximum atomic E-state index is 13.1. The van der Waals surface area contributed by atoms with E-state index in [2.05, 4.69) is 0 Å². The number of ketones is 2. The monoisotopic (exact) mass is 358 g/mol. The van der Waals surface area contributed by atoms with E-state index < -0.39 is 6.10 Å². The zero-order valence-corrected chi connectivity index (χ0v) is 15.2. The fourth-order valence-electron chi connectivity index (χ4n) is 3.26. The zero-order chi connectivity index (χ0) is 19.1. The van der Waals surface area contributed by atoms with Crippen LogP contribution in [0.25, 0.3) is 0 Å². The second-order valence-electron chi connectivity index (χ2n) is 6.40. The van der Waals surface area contributed by atoms with Crippen molar-refractivity contribution in [1.29, 1.82) is 0 Å². The summed E-state index contributed by atoms with van der Waals surface area (Å²) in [5.74, 6) is -0.489. The number of methoxy groups -OCH3 is 1. The average molecular weight is 358 g/mol. The first kappa shape index (κ1) is 18.7. The van der Waals surface area contributed by atoms with Gasteiger partial charge in [0.2, 0.25) is 0 Å². The highest BCUT2D eigenvalue weighted by atomic mass is 16.5. The van der Waals surface area contributed by atoms with E-state index >= 15 is 0 Å². The number of hydrogen-bond acceptors (Lipinski definition) is 3. The lowest BCUT2D eigenvalue weighted by Crippen LogP contribution is -2.32. The van der Waals surface area contributed by atoms with Crippen LogP contribution in [-0.4, -0.2) is 24.8 Å². The summed E-state index contributed by atoms with van der Waals surface area (Å²) in [5, 5.41) is 0. The van der Waals surface area contributed by atoms with Crippen molar-refractivity contribution >= 4 is 11.6 Å². The van der Waals surface area contributed by atoms with Crippen LogP contribution in [0.15, 0.2) is 91.0 Å². The quantitative estimate of drug-likeness (QED) is 0.536. The van der Waals surface area contributed by atoms with E-state index in [0.29, 0.717) is 11.1 Å². The summed E-state index contributed by atoms with van der Waals surface area (Å²) in [7, 11) is 1.52. The van der Waals surface area contributed by atoms with Gasteiger partial charge >= 0.3 is 0 Å². The van der Waals surface area contributed by atoms with Crippen molar-refractivity contribution in [3.8, 4) is 0 Å². The lowest BCUT2D eigenvalue weighted by molar-refractivity contribution is 0.0499. The van der Waals surface area contributed by atoms with Crippen LogP contribution in [0, 0.1) is 0 Å². The van der Waals surface area contributed by atoms with Crippen LogP contribution in [0.4, 0.5) is 0 Å². The van der Waals surface area contributed by atoms with Crippen molar-refractivity contribution in [2.75, 3.05) is 7.11 Å². The SMILES string of the molecule is CO[C@@H](C(=O)c1ccccc1)[C@H](CC(=O)c1ccccc1)c1ccccc1. The normalized spacial score (nSPS) is 12.9. The maximum Gasteiger partial charge on any atom is 0.192 e. The molecular formula is C24H22O3. The van der Waals surface area contributed by atoms with E-state index in [-0.39, 0.29) is 23.9 Å². The Bertz CT molecular complexity index is 873. The first-order valence-corrected chi connectivity index (χ1v) is 8.96. The van der Waals surface area contributed by atoms with Crippen LogP contribution in [0.2, 0.25) is 0 Å². The molecule has 3 heteroatoms. The molecule has 0 unspecified atom stereocenters. The molecule has 0 aliphatic carbocycles. The Labute approximate surface area is 159 Å². The minimum absolute atomic E-state index is 0.00707. The van der Waals surface area contributed by atoms with E-state index in [1.54, 1.807) is 24.3 Å². The molecule has 0 fully saturated rings. The first-order chi connectivity index (χ1) is 13.2. The predicted octanol–water partition coefficient (Wildman–Crippen LogP) is 4.94. The molecule has 3 aromatic carbocycles. The van der Waals surface area contributed by atoms with E-state index in [0.717, 1.165) is 5.56 Å². The first-order valence-electron chi connectivity index (χ1n) is 8.96. The molecule has 2 atom stereocenters. The van der Waals surface area contributed by atoms with Gasteiger partial charge in [-0.3, -0.25) is 9.59 Å². The number of ether oxygens (including phenoxy) is 1. The van der Waals surface area contributed by atoms with Gasteiger partial charge in [0.05, 0.1) is 0 Å². The summed E-state index contributed by atoms with van der Waals surface area (Å²) >= 11 is 0. The van der Waals surface area contributed by atoms with E-state index in [1.165, 1.54) is 7.11 Å². The molecule has 0 saturated heterocycles. The molecule has 0 saturated carbocycles. The molecular weight excluding hydrogens is 336 g/mol. The van der Waals surface area contributed by atoms with Gasteiger partial charge in [-0.05, 0) is 5.56 Å². The fourth-order valence-corrected chi connectivity index (χ4v) is 3.26. The lowest BCUT2D eigenvalue weighted by atomic mass is 9.84. The number of benzene rings is 3. The molecule has 0 amide bonds. The molecule has 3 rings (SSSR count). The summed E-state index contributed by atoms with van der Waals surface area (Å²) in [5.41, 5.74) is 2.13. The Morgan fingerprint density at radius 3 is 1.74 bits per heavy atom.